The van der Waals surface area contributed by atoms with Crippen LogP contribution in [0.1, 0.15) is 11.5 Å². The average Bonchev–Trinajstić information content (AvgIpc) is 2.02. The molecule has 0 bridgehead atoms. The number of carbonyl (C=O) groups is 1. The molecule has 0 atom stereocenters. The van der Waals surface area contributed by atoms with Crippen molar-refractivity contribution in [1.82, 2.24) is 4.90 Å². The van der Waals surface area contributed by atoms with E-state index < -0.39 is 0 Å². The van der Waals surface area contributed by atoms with Crippen molar-refractivity contribution in [3.8, 4) is 0 Å². The maximum atomic E-state index is 10.7. The summed E-state index contributed by atoms with van der Waals surface area (Å²) in [5, 5.41) is 0. The summed E-state index contributed by atoms with van der Waals surface area (Å²) in [6, 6.07) is 9.89. The van der Waals surface area contributed by atoms with Crippen molar-refractivity contribution in [2.75, 3.05) is 13.1 Å². The lowest BCUT2D eigenvalue weighted by molar-refractivity contribution is 0.160. The fourth-order valence-corrected chi connectivity index (χ4v) is 1.59. The summed E-state index contributed by atoms with van der Waals surface area (Å²) in [7, 11) is 0. The summed E-state index contributed by atoms with van der Waals surface area (Å²) in [5.74, 6) is 0.480. The van der Waals surface area contributed by atoms with Gasteiger partial charge < -0.3 is 10.6 Å². The van der Waals surface area contributed by atoms with Gasteiger partial charge in [0.05, 0.1) is 0 Å². The molecule has 1 heterocycles. The highest BCUT2D eigenvalue weighted by atomic mass is 16.2. The molecule has 13 heavy (non-hydrogen) atoms. The van der Waals surface area contributed by atoms with Crippen molar-refractivity contribution >= 4 is 6.03 Å². The normalized spacial score (nSPS) is 16.8. The standard InChI is InChI=1S/C10H12N2O/c11-10(13)12-6-9(7-12)8-4-2-1-3-5-8/h1-5,9H,6-7H2,(H2,11,13). The number of amides is 2. The molecule has 3 nitrogen and oxygen atoms in total. The minimum absolute atomic E-state index is 0.313. The Hall–Kier alpha value is -1.51. The van der Waals surface area contributed by atoms with Gasteiger partial charge in [0.2, 0.25) is 0 Å². The second-order valence-electron chi connectivity index (χ2n) is 3.35. The fraction of sp³-hybridized carbons (Fsp3) is 0.300. The zero-order valence-corrected chi connectivity index (χ0v) is 7.31. The largest absolute Gasteiger partial charge is 0.351 e. The van der Waals surface area contributed by atoms with Gasteiger partial charge in [-0.25, -0.2) is 4.79 Å². The maximum absolute atomic E-state index is 10.7. The molecular formula is C10H12N2O. The Morgan fingerprint density at radius 2 is 1.92 bits per heavy atom. The van der Waals surface area contributed by atoms with Crippen LogP contribution in [-0.4, -0.2) is 24.0 Å². The van der Waals surface area contributed by atoms with Gasteiger partial charge in [-0.1, -0.05) is 30.3 Å². The number of hydrogen-bond acceptors (Lipinski definition) is 1. The lowest BCUT2D eigenvalue weighted by Crippen LogP contribution is -2.50. The first-order valence-electron chi connectivity index (χ1n) is 4.36. The molecule has 2 N–H and O–H groups in total. The van der Waals surface area contributed by atoms with Crippen molar-refractivity contribution in [2.45, 2.75) is 5.92 Å². The van der Waals surface area contributed by atoms with Gasteiger partial charge in [-0.15, -0.1) is 0 Å². The number of nitrogens with zero attached hydrogens (tertiary/aromatic N) is 1. The van der Waals surface area contributed by atoms with Gasteiger partial charge >= 0.3 is 6.03 Å². The monoisotopic (exact) mass is 176 g/mol. The summed E-state index contributed by atoms with van der Waals surface area (Å²) < 4.78 is 0. The highest BCUT2D eigenvalue weighted by Crippen LogP contribution is 2.25. The van der Waals surface area contributed by atoms with Crippen LogP contribution in [0.4, 0.5) is 4.79 Å². The van der Waals surface area contributed by atoms with Crippen LogP contribution in [0.3, 0.4) is 0 Å². The van der Waals surface area contributed by atoms with Crippen LogP contribution in [-0.2, 0) is 0 Å². The minimum atomic E-state index is -0.313. The molecule has 0 spiro atoms. The Balaban J connectivity index is 1.98. The maximum Gasteiger partial charge on any atom is 0.314 e. The molecule has 0 unspecified atom stereocenters. The number of hydrogen-bond donors (Lipinski definition) is 1. The fourth-order valence-electron chi connectivity index (χ4n) is 1.59. The van der Waals surface area contributed by atoms with E-state index in [0.29, 0.717) is 5.92 Å². The van der Waals surface area contributed by atoms with E-state index in [1.165, 1.54) is 5.56 Å². The quantitative estimate of drug-likeness (QED) is 0.685. The molecule has 1 fully saturated rings. The van der Waals surface area contributed by atoms with Crippen LogP contribution < -0.4 is 5.73 Å². The van der Waals surface area contributed by atoms with Crippen LogP contribution in [0.25, 0.3) is 0 Å². The van der Waals surface area contributed by atoms with E-state index in [4.69, 9.17) is 5.73 Å². The second kappa shape index (κ2) is 3.09. The zero-order valence-electron chi connectivity index (χ0n) is 7.31. The van der Waals surface area contributed by atoms with Gasteiger partial charge in [0.1, 0.15) is 0 Å². The zero-order chi connectivity index (χ0) is 9.26. The molecule has 0 aliphatic carbocycles. The van der Waals surface area contributed by atoms with Crippen molar-refractivity contribution in [1.29, 1.82) is 0 Å². The summed E-state index contributed by atoms with van der Waals surface area (Å²) in [6.45, 7) is 1.53. The Morgan fingerprint density at radius 3 is 2.46 bits per heavy atom. The van der Waals surface area contributed by atoms with Gasteiger partial charge in [-0.2, -0.15) is 0 Å². The first kappa shape index (κ1) is 8.10. The van der Waals surface area contributed by atoms with E-state index in [0.717, 1.165) is 13.1 Å². The van der Waals surface area contributed by atoms with E-state index in [9.17, 15) is 4.79 Å². The summed E-state index contributed by atoms with van der Waals surface area (Å²) >= 11 is 0. The molecule has 2 rings (SSSR count). The Bertz CT molecular complexity index is 304. The van der Waals surface area contributed by atoms with E-state index in [2.05, 4.69) is 12.1 Å². The lowest BCUT2D eigenvalue weighted by atomic mass is 9.92. The van der Waals surface area contributed by atoms with Gasteiger partial charge in [0.15, 0.2) is 0 Å². The highest BCUT2D eigenvalue weighted by Gasteiger charge is 2.29. The van der Waals surface area contributed by atoms with Crippen molar-refractivity contribution in [3.63, 3.8) is 0 Å². The van der Waals surface area contributed by atoms with Gasteiger partial charge in [-0.3, -0.25) is 0 Å². The molecule has 1 aliphatic heterocycles. The summed E-state index contributed by atoms with van der Waals surface area (Å²) in [4.78, 5) is 12.4. The number of urea groups is 1. The smallest absolute Gasteiger partial charge is 0.314 e. The third kappa shape index (κ3) is 1.49. The molecule has 3 heteroatoms. The van der Waals surface area contributed by atoms with E-state index in [1.54, 1.807) is 4.90 Å². The van der Waals surface area contributed by atoms with E-state index >= 15 is 0 Å². The molecule has 1 aromatic rings. The lowest BCUT2D eigenvalue weighted by Gasteiger charge is -2.38. The van der Waals surface area contributed by atoms with Crippen molar-refractivity contribution in [2.24, 2.45) is 5.73 Å². The first-order valence-corrected chi connectivity index (χ1v) is 4.36. The number of carbonyl (C=O) groups excluding carboxylic acids is 1. The summed E-state index contributed by atoms with van der Waals surface area (Å²) in [6.07, 6.45) is 0. The van der Waals surface area contributed by atoms with Gasteiger partial charge in [0.25, 0.3) is 0 Å². The average molecular weight is 176 g/mol. The molecule has 0 aromatic heterocycles. The number of nitrogens with two attached hydrogens (primary N) is 1. The number of rotatable bonds is 1. The van der Waals surface area contributed by atoms with Crippen molar-refractivity contribution in [3.05, 3.63) is 35.9 Å². The Kier molecular flexibility index (Phi) is 1.93. The SMILES string of the molecule is NC(=O)N1CC(c2ccccc2)C1. The molecule has 1 saturated heterocycles. The van der Waals surface area contributed by atoms with E-state index in [-0.39, 0.29) is 6.03 Å². The van der Waals surface area contributed by atoms with Gasteiger partial charge in [0, 0.05) is 19.0 Å². The Labute approximate surface area is 77.1 Å². The number of primary amides is 1. The first-order chi connectivity index (χ1) is 6.27. The number of benzene rings is 1. The predicted octanol–water partition coefficient (Wildman–Crippen LogP) is 1.16. The minimum Gasteiger partial charge on any atom is -0.351 e. The molecule has 0 radical (unpaired) electrons. The van der Waals surface area contributed by atoms with Crippen LogP contribution >= 0.6 is 0 Å². The van der Waals surface area contributed by atoms with Crippen molar-refractivity contribution < 1.29 is 4.79 Å². The highest BCUT2D eigenvalue weighted by molar-refractivity contribution is 5.73. The number of likely N-dealkylation sites (tertiary alicyclic amines) is 1. The molecular weight excluding hydrogens is 164 g/mol. The van der Waals surface area contributed by atoms with E-state index in [1.807, 2.05) is 18.2 Å². The third-order valence-electron chi connectivity index (χ3n) is 2.46. The molecule has 1 aromatic carbocycles. The molecule has 68 valence electrons. The van der Waals surface area contributed by atoms with Gasteiger partial charge in [-0.05, 0) is 5.56 Å². The predicted molar refractivity (Wildman–Crippen MR) is 50.3 cm³/mol. The third-order valence-corrected chi connectivity index (χ3v) is 2.46. The van der Waals surface area contributed by atoms with Crippen LogP contribution in [0.2, 0.25) is 0 Å². The summed E-state index contributed by atoms with van der Waals surface area (Å²) in [5.41, 5.74) is 6.42. The Morgan fingerprint density at radius 1 is 1.31 bits per heavy atom. The molecule has 1 aliphatic rings. The van der Waals surface area contributed by atoms with Crippen LogP contribution in [0.15, 0.2) is 30.3 Å². The molecule has 2 amide bonds. The molecule has 0 saturated carbocycles. The topological polar surface area (TPSA) is 46.3 Å². The van der Waals surface area contributed by atoms with Crippen LogP contribution in [0, 0.1) is 0 Å². The van der Waals surface area contributed by atoms with Crippen LogP contribution in [0.5, 0.6) is 0 Å². The second-order valence-corrected chi connectivity index (χ2v) is 3.35.